The molecule has 1 heterocycles. The van der Waals surface area contributed by atoms with Crippen molar-refractivity contribution in [3.8, 4) is 11.5 Å². The lowest BCUT2D eigenvalue weighted by atomic mass is 10.2. The molecule has 0 aliphatic carbocycles. The van der Waals surface area contributed by atoms with E-state index in [9.17, 15) is 4.79 Å². The van der Waals surface area contributed by atoms with Crippen LogP contribution in [0.5, 0.6) is 11.5 Å². The highest BCUT2D eigenvalue weighted by Gasteiger charge is 2.16. The van der Waals surface area contributed by atoms with Gasteiger partial charge in [0.05, 0.1) is 12.0 Å². The molecule has 0 radical (unpaired) electrons. The second-order valence-corrected chi connectivity index (χ2v) is 5.83. The molecule has 0 saturated carbocycles. The number of hydrogen-bond donors (Lipinski definition) is 0. The Morgan fingerprint density at radius 2 is 2.00 bits per heavy atom. The number of rotatable bonds is 4. The second kappa shape index (κ2) is 5.13. The number of halogens is 1. The normalized spacial score (nSPS) is 11.6. The molecule has 0 aliphatic rings. The molecule has 0 spiro atoms. The summed E-state index contributed by atoms with van der Waals surface area (Å²) in [6.07, 6.45) is 0. The van der Waals surface area contributed by atoms with Crippen LogP contribution in [-0.2, 0) is 0 Å². The van der Waals surface area contributed by atoms with E-state index in [1.165, 1.54) is 6.07 Å². The number of methoxy groups -OCH3 is 1. The average Bonchev–Trinajstić information content (AvgIpc) is 2.34. The van der Waals surface area contributed by atoms with Gasteiger partial charge in [-0.15, -0.1) is 11.6 Å². The van der Waals surface area contributed by atoms with E-state index in [2.05, 4.69) is 0 Å². The first kappa shape index (κ1) is 13.7. The lowest BCUT2D eigenvalue weighted by Gasteiger charge is -2.18. The summed E-state index contributed by atoms with van der Waals surface area (Å²) in [5.41, 5.74) is 0.0527. The monoisotopic (exact) mass is 282 g/mol. The minimum absolute atomic E-state index is 0.313. The van der Waals surface area contributed by atoms with E-state index >= 15 is 0 Å². The molecule has 0 N–H and O–H groups in total. The lowest BCUT2D eigenvalue weighted by molar-refractivity contribution is 0.268. The fourth-order valence-electron chi connectivity index (χ4n) is 1.60. The van der Waals surface area contributed by atoms with Crippen LogP contribution in [-0.4, -0.2) is 18.6 Å². The molecule has 1 aromatic heterocycles. The van der Waals surface area contributed by atoms with E-state index in [0.717, 1.165) is 5.39 Å². The predicted octanol–water partition coefficient (Wildman–Crippen LogP) is 3.20. The van der Waals surface area contributed by atoms with Crippen molar-refractivity contribution in [2.24, 2.45) is 0 Å². The molecule has 5 heteroatoms. The third-order valence-electron chi connectivity index (χ3n) is 2.48. The predicted molar refractivity (Wildman–Crippen MR) is 74.5 cm³/mol. The Kier molecular flexibility index (Phi) is 3.71. The molecule has 0 unspecified atom stereocenters. The molecule has 0 bridgehead atoms. The van der Waals surface area contributed by atoms with Crippen LogP contribution in [0.25, 0.3) is 11.0 Å². The molecule has 0 amide bonds. The summed E-state index contributed by atoms with van der Waals surface area (Å²) < 4.78 is 16.0. The quantitative estimate of drug-likeness (QED) is 0.638. The number of alkyl halides is 1. The van der Waals surface area contributed by atoms with Crippen LogP contribution in [0.3, 0.4) is 0 Å². The van der Waals surface area contributed by atoms with E-state index in [-0.39, 0.29) is 0 Å². The van der Waals surface area contributed by atoms with E-state index in [4.69, 9.17) is 25.5 Å². The third kappa shape index (κ3) is 3.41. The largest absolute Gasteiger partial charge is 0.493 e. The Balaban J connectivity index is 2.43. The lowest BCUT2D eigenvalue weighted by Crippen LogP contribution is -2.21. The molecule has 19 heavy (non-hydrogen) atoms. The van der Waals surface area contributed by atoms with Crippen molar-refractivity contribution in [3.05, 3.63) is 34.7 Å². The highest BCUT2D eigenvalue weighted by molar-refractivity contribution is 6.23. The number of benzene rings is 1. The van der Waals surface area contributed by atoms with Gasteiger partial charge in [0.15, 0.2) is 11.5 Å². The van der Waals surface area contributed by atoms with Gasteiger partial charge in [0, 0.05) is 17.5 Å². The summed E-state index contributed by atoms with van der Waals surface area (Å²) >= 11 is 6.08. The van der Waals surface area contributed by atoms with Crippen molar-refractivity contribution in [1.82, 2.24) is 0 Å². The van der Waals surface area contributed by atoms with Crippen LogP contribution in [0.15, 0.2) is 33.5 Å². The molecule has 1 aromatic carbocycles. The zero-order valence-corrected chi connectivity index (χ0v) is 11.8. The first-order valence-electron chi connectivity index (χ1n) is 5.83. The van der Waals surface area contributed by atoms with Crippen LogP contribution in [0.4, 0.5) is 0 Å². The van der Waals surface area contributed by atoms with Gasteiger partial charge in [-0.3, -0.25) is 0 Å². The maximum absolute atomic E-state index is 11.2. The van der Waals surface area contributed by atoms with Crippen molar-refractivity contribution in [2.45, 2.75) is 18.7 Å². The molecular formula is C14H15ClO4. The number of hydrogen-bond acceptors (Lipinski definition) is 4. The van der Waals surface area contributed by atoms with Crippen molar-refractivity contribution in [1.29, 1.82) is 0 Å². The topological polar surface area (TPSA) is 48.7 Å². The molecular weight excluding hydrogens is 268 g/mol. The van der Waals surface area contributed by atoms with Gasteiger partial charge in [0.2, 0.25) is 0 Å². The molecule has 2 rings (SSSR count). The molecule has 4 nitrogen and oxygen atoms in total. The summed E-state index contributed by atoms with van der Waals surface area (Å²) in [4.78, 5) is 10.7. The molecule has 0 saturated heterocycles. The second-order valence-electron chi connectivity index (χ2n) is 4.80. The SMILES string of the molecule is COc1cc2ccc(=O)oc2cc1OCC(C)(C)Cl. The molecule has 0 aliphatic heterocycles. The van der Waals surface area contributed by atoms with Crippen LogP contribution >= 0.6 is 11.6 Å². The summed E-state index contributed by atoms with van der Waals surface area (Å²) in [7, 11) is 1.55. The summed E-state index contributed by atoms with van der Waals surface area (Å²) in [5, 5.41) is 0.772. The number of fused-ring (bicyclic) bond motifs is 1. The third-order valence-corrected chi connectivity index (χ3v) is 2.59. The van der Waals surface area contributed by atoms with E-state index in [0.29, 0.717) is 23.7 Å². The highest BCUT2D eigenvalue weighted by Crippen LogP contribution is 2.32. The zero-order valence-electron chi connectivity index (χ0n) is 11.0. The van der Waals surface area contributed by atoms with Crippen molar-refractivity contribution >= 4 is 22.6 Å². The minimum atomic E-state index is -0.489. The molecule has 0 fully saturated rings. The first-order chi connectivity index (χ1) is 8.89. The molecule has 0 atom stereocenters. The van der Waals surface area contributed by atoms with Gasteiger partial charge in [-0.1, -0.05) is 0 Å². The molecule has 102 valence electrons. The van der Waals surface area contributed by atoms with Crippen LogP contribution in [0, 0.1) is 0 Å². The first-order valence-corrected chi connectivity index (χ1v) is 6.20. The highest BCUT2D eigenvalue weighted by atomic mass is 35.5. The van der Waals surface area contributed by atoms with Crippen molar-refractivity contribution < 1.29 is 13.9 Å². The Bertz CT molecular complexity index is 640. The molecule has 2 aromatic rings. The van der Waals surface area contributed by atoms with Crippen LogP contribution < -0.4 is 15.1 Å². The van der Waals surface area contributed by atoms with E-state index < -0.39 is 10.5 Å². The van der Waals surface area contributed by atoms with Crippen LogP contribution in [0.1, 0.15) is 13.8 Å². The maximum atomic E-state index is 11.2. The Morgan fingerprint density at radius 1 is 1.26 bits per heavy atom. The Hall–Kier alpha value is -1.68. The van der Waals surface area contributed by atoms with E-state index in [1.54, 1.807) is 25.3 Å². The van der Waals surface area contributed by atoms with Crippen molar-refractivity contribution in [3.63, 3.8) is 0 Å². The maximum Gasteiger partial charge on any atom is 0.336 e. The fourth-order valence-corrected chi connectivity index (χ4v) is 1.65. The van der Waals surface area contributed by atoms with Gasteiger partial charge in [-0.25, -0.2) is 4.79 Å². The smallest absolute Gasteiger partial charge is 0.336 e. The summed E-state index contributed by atoms with van der Waals surface area (Å²) in [6, 6.07) is 6.44. The van der Waals surface area contributed by atoms with Crippen LogP contribution in [0.2, 0.25) is 0 Å². The fraction of sp³-hybridized carbons (Fsp3) is 0.357. The minimum Gasteiger partial charge on any atom is -0.493 e. The summed E-state index contributed by atoms with van der Waals surface area (Å²) in [5.74, 6) is 1.07. The van der Waals surface area contributed by atoms with Gasteiger partial charge in [-0.05, 0) is 26.0 Å². The van der Waals surface area contributed by atoms with Gasteiger partial charge >= 0.3 is 5.63 Å². The number of ether oxygens (including phenoxy) is 2. The van der Waals surface area contributed by atoms with Gasteiger partial charge in [0.25, 0.3) is 0 Å². The summed E-state index contributed by atoms with van der Waals surface area (Å²) in [6.45, 7) is 4.01. The van der Waals surface area contributed by atoms with Gasteiger partial charge < -0.3 is 13.9 Å². The standard InChI is InChI=1S/C14H15ClO4/c1-14(2,15)8-18-12-7-10-9(6-11(12)17-3)4-5-13(16)19-10/h4-7H,8H2,1-3H3. The van der Waals surface area contributed by atoms with Gasteiger partial charge in [-0.2, -0.15) is 0 Å². The van der Waals surface area contributed by atoms with E-state index in [1.807, 2.05) is 13.8 Å². The van der Waals surface area contributed by atoms with Gasteiger partial charge in [0.1, 0.15) is 12.2 Å². The van der Waals surface area contributed by atoms with Crippen molar-refractivity contribution in [2.75, 3.05) is 13.7 Å². The Labute approximate surface area is 115 Å². The average molecular weight is 283 g/mol. The zero-order chi connectivity index (χ0) is 14.0. The Morgan fingerprint density at radius 3 is 2.63 bits per heavy atom.